The van der Waals surface area contributed by atoms with Crippen molar-refractivity contribution in [3.8, 4) is 23.7 Å². The van der Waals surface area contributed by atoms with Crippen LogP contribution in [0.25, 0.3) is 0 Å². The first-order chi connectivity index (χ1) is 18.9. The lowest BCUT2D eigenvalue weighted by molar-refractivity contribution is -0.181. The van der Waals surface area contributed by atoms with Crippen LogP contribution >= 0.6 is 0 Å². The van der Waals surface area contributed by atoms with Gasteiger partial charge < -0.3 is 14.1 Å². The van der Waals surface area contributed by atoms with Crippen LogP contribution in [0.4, 0.5) is 4.79 Å². The quantitative estimate of drug-likeness (QED) is 0.133. The summed E-state index contributed by atoms with van der Waals surface area (Å²) in [6, 6.07) is -0.404. The van der Waals surface area contributed by atoms with E-state index in [0.29, 0.717) is 32.5 Å². The van der Waals surface area contributed by atoms with Crippen molar-refractivity contribution in [1.29, 1.82) is 0 Å². The molecule has 3 aliphatic heterocycles. The number of nitrogens with zero attached hydrogens (tertiary/aromatic N) is 2. The van der Waals surface area contributed by atoms with Gasteiger partial charge in [0.15, 0.2) is 8.32 Å². The summed E-state index contributed by atoms with van der Waals surface area (Å²) in [4.78, 5) is 31.8. The van der Waals surface area contributed by atoms with Crippen LogP contribution in [0.2, 0.25) is 18.1 Å². The normalized spacial score (nSPS) is 27.6. The molecule has 0 aromatic rings. The second-order valence-corrected chi connectivity index (χ2v) is 17.7. The molecule has 4 aliphatic rings. The molecule has 0 spiro atoms. The summed E-state index contributed by atoms with van der Waals surface area (Å²) in [5.74, 6) is 12.3. The first-order valence-electron chi connectivity index (χ1n) is 14.8. The fourth-order valence-corrected chi connectivity index (χ4v) is 8.17. The number of hydrogen-bond donors (Lipinski definition) is 0. The van der Waals surface area contributed by atoms with Crippen LogP contribution in [0.5, 0.6) is 0 Å². The Labute approximate surface area is 244 Å². The molecule has 0 aromatic carbocycles. The van der Waals surface area contributed by atoms with E-state index in [2.05, 4.69) is 70.2 Å². The van der Waals surface area contributed by atoms with Gasteiger partial charge in [-0.3, -0.25) is 9.69 Å². The average Bonchev–Trinajstić information content (AvgIpc) is 2.89. The third-order valence-electron chi connectivity index (χ3n) is 9.54. The number of ether oxygens (including phenoxy) is 1. The minimum atomic E-state index is -2.17. The van der Waals surface area contributed by atoms with Gasteiger partial charge in [0, 0.05) is 44.3 Å². The van der Waals surface area contributed by atoms with E-state index in [1.165, 1.54) is 7.11 Å². The maximum Gasteiger partial charge on any atom is 0.410 e. The van der Waals surface area contributed by atoms with Crippen molar-refractivity contribution in [2.45, 2.75) is 103 Å². The van der Waals surface area contributed by atoms with Crippen LogP contribution in [0.1, 0.15) is 73.1 Å². The lowest BCUT2D eigenvalue weighted by Crippen LogP contribution is -2.75. The number of hydrogen-bond acceptors (Lipinski definition) is 4. The van der Waals surface area contributed by atoms with Crippen LogP contribution < -0.4 is 0 Å². The van der Waals surface area contributed by atoms with E-state index in [1.807, 2.05) is 24.8 Å². The van der Waals surface area contributed by atoms with Gasteiger partial charge in [0.25, 0.3) is 0 Å². The van der Waals surface area contributed by atoms with Crippen molar-refractivity contribution in [2.75, 3.05) is 26.7 Å². The van der Waals surface area contributed by atoms with Gasteiger partial charge in [0.05, 0.1) is 24.7 Å². The van der Waals surface area contributed by atoms with E-state index in [1.54, 1.807) is 4.90 Å². The molecule has 2 amide bonds. The molecule has 0 radical (unpaired) electrons. The number of amides is 2. The molecule has 40 heavy (non-hydrogen) atoms. The number of piperidine rings is 2. The molecule has 6 nitrogen and oxygen atoms in total. The first kappa shape index (κ1) is 32.0. The molecule has 0 saturated carbocycles. The average molecular weight is 567 g/mol. The third-order valence-corrected chi connectivity index (χ3v) is 14.0. The van der Waals surface area contributed by atoms with Gasteiger partial charge in [-0.15, -0.1) is 30.3 Å². The fourth-order valence-electron chi connectivity index (χ4n) is 6.84. The first-order valence-corrected chi connectivity index (χ1v) is 17.7. The largest absolute Gasteiger partial charge is 0.453 e. The topological polar surface area (TPSA) is 59.1 Å². The Hall–Kier alpha value is -2.48. The molecule has 2 bridgehead atoms. The Morgan fingerprint density at radius 3 is 2.45 bits per heavy atom. The number of likely N-dealkylation sites (tertiary alicyclic amines) is 1. The lowest BCUT2D eigenvalue weighted by atomic mass is 9.51. The Kier molecular flexibility index (Phi) is 10.4. The Bertz CT molecular complexity index is 1120. The summed E-state index contributed by atoms with van der Waals surface area (Å²) >= 11 is 0. The number of carbonyl (C=O) groups is 2. The number of methoxy groups -OCH3 is 1. The van der Waals surface area contributed by atoms with Crippen molar-refractivity contribution >= 4 is 20.3 Å². The zero-order chi connectivity index (χ0) is 29.7. The molecule has 1 aliphatic carbocycles. The van der Waals surface area contributed by atoms with Gasteiger partial charge >= 0.3 is 6.09 Å². The highest BCUT2D eigenvalue weighted by Crippen LogP contribution is 2.59. The van der Waals surface area contributed by atoms with Gasteiger partial charge in [0.2, 0.25) is 5.91 Å². The fraction of sp³-hybridized carbons (Fsp3) is 0.697. The monoisotopic (exact) mass is 566 g/mol. The molecule has 0 N–H and O–H groups in total. The minimum Gasteiger partial charge on any atom is -0.453 e. The minimum absolute atomic E-state index is 0.00525. The van der Waals surface area contributed by atoms with Gasteiger partial charge in [-0.2, -0.15) is 0 Å². The molecule has 5 atom stereocenters. The van der Waals surface area contributed by atoms with E-state index >= 15 is 0 Å². The van der Waals surface area contributed by atoms with E-state index in [4.69, 9.17) is 9.16 Å². The zero-order valence-corrected chi connectivity index (χ0v) is 27.1. The second kappa shape index (κ2) is 13.0. The van der Waals surface area contributed by atoms with E-state index < -0.39 is 19.8 Å². The third kappa shape index (κ3) is 6.07. The van der Waals surface area contributed by atoms with Crippen molar-refractivity contribution in [1.82, 2.24) is 9.80 Å². The Balaban J connectivity index is 2.15. The molecule has 2 unspecified atom stereocenters. The summed E-state index contributed by atoms with van der Waals surface area (Å²) in [7, 11) is -0.745. The number of fused-ring (bicyclic) bond motifs is 1. The van der Waals surface area contributed by atoms with Crippen molar-refractivity contribution < 1.29 is 18.8 Å². The van der Waals surface area contributed by atoms with E-state index in [9.17, 15) is 9.59 Å². The molecule has 2 fully saturated rings. The summed E-state index contributed by atoms with van der Waals surface area (Å²) in [5.41, 5.74) is 0.263. The van der Waals surface area contributed by atoms with Crippen LogP contribution in [0.15, 0.2) is 24.3 Å². The molecule has 4 rings (SSSR count). The number of allylic oxidation sites excluding steroid dienone is 1. The lowest BCUT2D eigenvalue weighted by Gasteiger charge is -2.64. The predicted octanol–water partition coefficient (Wildman–Crippen LogP) is 6.40. The summed E-state index contributed by atoms with van der Waals surface area (Å²) in [6.07, 6.45) is 8.25. The summed E-state index contributed by atoms with van der Waals surface area (Å²) in [6.45, 7) is 20.9. The summed E-state index contributed by atoms with van der Waals surface area (Å²) in [5, 5.41) is 0.0325. The van der Waals surface area contributed by atoms with Crippen molar-refractivity contribution in [3.05, 3.63) is 24.3 Å². The second-order valence-electron chi connectivity index (χ2n) is 13.0. The predicted molar refractivity (Wildman–Crippen MR) is 164 cm³/mol. The van der Waals surface area contributed by atoms with E-state index in [-0.39, 0.29) is 35.0 Å². The van der Waals surface area contributed by atoms with Crippen LogP contribution in [0, 0.1) is 40.9 Å². The Morgan fingerprint density at radius 2 is 1.85 bits per heavy atom. The maximum absolute atomic E-state index is 14.8. The molecule has 2 saturated heterocycles. The summed E-state index contributed by atoms with van der Waals surface area (Å²) < 4.78 is 12.5. The molecule has 7 heteroatoms. The number of unbranched alkanes of at least 4 members (excludes halogenated alkanes) is 2. The van der Waals surface area contributed by atoms with Crippen LogP contribution in [-0.2, 0) is 14.0 Å². The molecule has 3 heterocycles. The maximum atomic E-state index is 14.8. The molecular formula is C33H50N2O4Si. The molecule has 0 aromatic heterocycles. The zero-order valence-electron chi connectivity index (χ0n) is 26.1. The smallest absolute Gasteiger partial charge is 0.410 e. The molecular weight excluding hydrogens is 516 g/mol. The van der Waals surface area contributed by atoms with Crippen molar-refractivity contribution in [2.24, 2.45) is 17.3 Å². The number of carbonyl (C=O) groups excluding carboxylic acids is 2. The van der Waals surface area contributed by atoms with Crippen LogP contribution in [0.3, 0.4) is 0 Å². The van der Waals surface area contributed by atoms with Gasteiger partial charge in [-0.05, 0) is 63.2 Å². The SMILES string of the molecule is C=CC[C@]12C(=O)N(CCCCC#CC)C[C@H](O[Si](C)(C)C(C)(C)C)C1C1C=C(CCC#CC)[C@H]2N(C(=O)OC)C1. The highest BCUT2D eigenvalue weighted by atomic mass is 28.4. The standard InChI is InChI=1S/C33H50N2O4Si/c1-10-13-15-16-18-21-34-24-27(39-40(8,9)32(4,5)6)28-26-22-25(19-17-14-11-2)29(35(23-26)31(37)38-7)33(28,20-12-3)30(34)36/h12,22,26-29H,3,15-21,23-24H2,1-2,4-9H3/t26?,27-,28?,29+,33-/m0/s1. The molecule has 220 valence electrons. The highest BCUT2D eigenvalue weighted by molar-refractivity contribution is 6.74. The number of rotatable bonds is 10. The van der Waals surface area contributed by atoms with Crippen LogP contribution in [-0.4, -0.2) is 69.0 Å². The van der Waals surface area contributed by atoms with Gasteiger partial charge in [-0.25, -0.2) is 4.79 Å². The van der Waals surface area contributed by atoms with Crippen molar-refractivity contribution in [3.63, 3.8) is 0 Å². The van der Waals surface area contributed by atoms with E-state index in [0.717, 1.165) is 31.3 Å². The highest BCUT2D eigenvalue weighted by Gasteiger charge is 2.68. The van der Waals surface area contributed by atoms with Gasteiger partial charge in [0.1, 0.15) is 0 Å². The van der Waals surface area contributed by atoms with Gasteiger partial charge in [-0.1, -0.05) is 32.9 Å². The Morgan fingerprint density at radius 1 is 1.18 bits per heavy atom.